The third-order valence-electron chi connectivity index (χ3n) is 9.90. The van der Waals surface area contributed by atoms with Gasteiger partial charge in [0.1, 0.15) is 12.1 Å². The number of primary amides is 1. The van der Waals surface area contributed by atoms with Crippen molar-refractivity contribution in [2.24, 2.45) is 11.7 Å². The fraction of sp³-hybridized carbons (Fsp3) is 0.424. The van der Waals surface area contributed by atoms with Gasteiger partial charge in [-0.05, 0) is 48.4 Å². The van der Waals surface area contributed by atoms with Gasteiger partial charge in [-0.3, -0.25) is 28.5 Å². The summed E-state index contributed by atoms with van der Waals surface area (Å²) in [5.74, 6) is -3.37. The van der Waals surface area contributed by atoms with Crippen LogP contribution in [0.5, 0.6) is 0 Å². The molecular formula is C33H36F2N5O8PS. The van der Waals surface area contributed by atoms with Gasteiger partial charge in [0.15, 0.2) is 0 Å². The number of likely N-dealkylation sites (tertiary alicyclic amines) is 1. The highest BCUT2D eigenvalue weighted by Crippen LogP contribution is 2.59. The lowest BCUT2D eigenvalue weighted by atomic mass is 9.89. The van der Waals surface area contributed by atoms with Crippen LogP contribution in [-0.4, -0.2) is 98.3 Å². The highest BCUT2D eigenvalue weighted by atomic mass is 32.1. The van der Waals surface area contributed by atoms with E-state index in [1.165, 1.54) is 28.9 Å². The number of thiophene rings is 1. The molecule has 5 atom stereocenters. The lowest BCUT2D eigenvalue weighted by molar-refractivity contribution is -0.148. The molecule has 6 rings (SSSR count). The number of nitrogens with two attached hydrogens (primary N) is 1. The third-order valence-corrected chi connectivity index (χ3v) is 12.0. The predicted octanol–water partition coefficient (Wildman–Crippen LogP) is 2.57. The Bertz CT molecular complexity index is 1900. The van der Waals surface area contributed by atoms with Crippen molar-refractivity contribution in [1.29, 1.82) is 0 Å². The first-order valence-corrected chi connectivity index (χ1v) is 18.5. The Labute approximate surface area is 289 Å². The maximum atomic E-state index is 14.4. The van der Waals surface area contributed by atoms with Crippen LogP contribution in [0.4, 0.5) is 8.78 Å². The van der Waals surface area contributed by atoms with Crippen LogP contribution in [0, 0.1) is 5.92 Å². The van der Waals surface area contributed by atoms with E-state index in [0.29, 0.717) is 24.0 Å². The molecule has 2 aromatic carbocycles. The van der Waals surface area contributed by atoms with Gasteiger partial charge in [0.05, 0.1) is 10.8 Å². The lowest BCUT2D eigenvalue weighted by Gasteiger charge is -2.39. The number of amides is 5. The van der Waals surface area contributed by atoms with Crippen molar-refractivity contribution in [1.82, 2.24) is 20.0 Å². The zero-order valence-corrected chi connectivity index (χ0v) is 28.6. The van der Waals surface area contributed by atoms with Crippen LogP contribution in [0.2, 0.25) is 0 Å². The summed E-state index contributed by atoms with van der Waals surface area (Å²) in [4.78, 5) is 89.8. The summed E-state index contributed by atoms with van der Waals surface area (Å²) in [7, 11) is -5.82. The number of halogens is 2. The van der Waals surface area contributed by atoms with E-state index in [0.717, 1.165) is 29.0 Å². The molecule has 3 saturated heterocycles. The summed E-state index contributed by atoms with van der Waals surface area (Å²) in [5.41, 5.74) is 1.27. The summed E-state index contributed by atoms with van der Waals surface area (Å²) < 4.78 is 40.5. The van der Waals surface area contributed by atoms with Gasteiger partial charge in [0.25, 0.3) is 5.91 Å². The molecule has 266 valence electrons. The van der Waals surface area contributed by atoms with Crippen molar-refractivity contribution < 1.29 is 47.1 Å². The second-order valence-electron chi connectivity index (χ2n) is 13.0. The molecule has 13 nitrogen and oxygen atoms in total. The van der Waals surface area contributed by atoms with Crippen molar-refractivity contribution in [3.63, 3.8) is 0 Å². The molecule has 3 aliphatic rings. The van der Waals surface area contributed by atoms with E-state index in [-0.39, 0.29) is 54.2 Å². The average molecular weight is 732 g/mol. The summed E-state index contributed by atoms with van der Waals surface area (Å²) >= 11 is 0.926. The highest BCUT2D eigenvalue weighted by Gasteiger charge is 2.51. The molecule has 5 amide bonds. The minimum absolute atomic E-state index is 0.0352. The first-order chi connectivity index (χ1) is 23.6. The quantitative estimate of drug-likeness (QED) is 0.267. The van der Waals surface area contributed by atoms with E-state index in [1.54, 1.807) is 4.90 Å². The van der Waals surface area contributed by atoms with Crippen molar-refractivity contribution in [3.8, 4) is 0 Å². The first kappa shape index (κ1) is 35.6. The van der Waals surface area contributed by atoms with Crippen molar-refractivity contribution >= 4 is 58.6 Å². The normalized spacial score (nSPS) is 24.5. The first-order valence-electron chi connectivity index (χ1n) is 16.1. The molecule has 4 heterocycles. The Morgan fingerprint density at radius 1 is 0.980 bits per heavy atom. The maximum absolute atomic E-state index is 14.4. The molecule has 0 unspecified atom stereocenters. The Morgan fingerprint density at radius 3 is 2.36 bits per heavy atom. The van der Waals surface area contributed by atoms with E-state index in [4.69, 9.17) is 15.5 Å². The fourth-order valence-corrected chi connectivity index (χ4v) is 8.69. The van der Waals surface area contributed by atoms with Crippen LogP contribution in [0.25, 0.3) is 10.1 Å². The van der Waals surface area contributed by atoms with Crippen LogP contribution in [0.15, 0.2) is 54.6 Å². The van der Waals surface area contributed by atoms with Crippen LogP contribution in [0.1, 0.15) is 52.9 Å². The number of fused-ring (bicyclic) bond motifs is 2. The van der Waals surface area contributed by atoms with Gasteiger partial charge >= 0.3 is 13.3 Å². The van der Waals surface area contributed by atoms with E-state index >= 15 is 0 Å². The number of rotatable bonds is 7. The summed E-state index contributed by atoms with van der Waals surface area (Å²) in [6.07, 6.45) is 1.26. The van der Waals surface area contributed by atoms with Crippen molar-refractivity contribution in [2.45, 2.75) is 55.9 Å². The Morgan fingerprint density at radius 2 is 1.70 bits per heavy atom. The Balaban J connectivity index is 1.25. The minimum Gasteiger partial charge on any atom is -0.369 e. The number of hydrogen-bond acceptors (Lipinski definition) is 7. The van der Waals surface area contributed by atoms with Gasteiger partial charge in [-0.15, -0.1) is 11.3 Å². The third kappa shape index (κ3) is 6.64. The van der Waals surface area contributed by atoms with E-state index < -0.39 is 60.6 Å². The second kappa shape index (κ2) is 13.5. The van der Waals surface area contributed by atoms with Gasteiger partial charge in [-0.2, -0.15) is 8.78 Å². The molecule has 0 saturated carbocycles. The molecule has 0 radical (unpaired) electrons. The van der Waals surface area contributed by atoms with Gasteiger partial charge in [0.2, 0.25) is 23.6 Å². The maximum Gasteiger partial charge on any atom is 0.399 e. The molecule has 0 aliphatic carbocycles. The average Bonchev–Trinajstić information content (AvgIpc) is 3.81. The molecule has 1 aromatic heterocycles. The minimum atomic E-state index is -5.82. The number of carbonyl (C=O) groups is 5. The number of nitrogens with one attached hydrogen (secondary N) is 1. The number of nitrogens with zero attached hydrogens (tertiary/aromatic N) is 3. The predicted molar refractivity (Wildman–Crippen MR) is 178 cm³/mol. The molecule has 5 N–H and O–H groups in total. The van der Waals surface area contributed by atoms with E-state index in [1.807, 2.05) is 30.3 Å². The van der Waals surface area contributed by atoms with Gasteiger partial charge < -0.3 is 35.5 Å². The van der Waals surface area contributed by atoms with Crippen LogP contribution in [-0.2, 0) is 29.4 Å². The van der Waals surface area contributed by atoms with Gasteiger partial charge in [0, 0.05) is 55.3 Å². The number of alkyl halides is 2. The standard InChI is InChI=1S/C33H36F2N5O8PS/c1-18(41)38-12-11-22-8-9-26(32(45)39-15-23(24(16-39)29(36)42)19-5-3-2-4-6-19)40(22)31(44)25(17-38)37-30(43)28-14-20-13-21(7-10-27(20)50-28)33(34,35)49(46,47)48/h2-7,10,13-14,22-26H,8-9,11-12,15-17H2,1H3,(H2,36,42)(H,37,43)(H2,46,47,48)/t22-,23-,24+,25+,26+/m1/s1. The number of hydrogen-bond donors (Lipinski definition) is 4. The monoisotopic (exact) mass is 731 g/mol. The summed E-state index contributed by atoms with van der Waals surface area (Å²) in [6.45, 7) is 1.80. The van der Waals surface area contributed by atoms with Crippen molar-refractivity contribution in [3.05, 3.63) is 70.6 Å². The SMILES string of the molecule is CC(=O)N1CC[C@H]2CC[C@@H](C(=O)N3C[C@H](C(N)=O)[C@@H](c4ccccc4)C3)N2C(=O)[C@@H](NC(=O)c2cc3cc(C(F)(F)P(=O)(O)O)ccc3s2)C1. The lowest BCUT2D eigenvalue weighted by Crippen LogP contribution is -2.61. The van der Waals surface area contributed by atoms with Crippen molar-refractivity contribution in [2.75, 3.05) is 26.2 Å². The second-order valence-corrected chi connectivity index (χ2v) is 15.7. The van der Waals surface area contributed by atoms with Gasteiger partial charge in [-0.25, -0.2) is 0 Å². The largest absolute Gasteiger partial charge is 0.399 e. The molecule has 3 aromatic rings. The van der Waals surface area contributed by atoms with Gasteiger partial charge in [-0.1, -0.05) is 36.4 Å². The zero-order valence-electron chi connectivity index (χ0n) is 26.9. The smallest absolute Gasteiger partial charge is 0.369 e. The molecule has 50 heavy (non-hydrogen) atoms. The molecule has 17 heteroatoms. The van der Waals surface area contributed by atoms with Crippen LogP contribution in [0.3, 0.4) is 0 Å². The van der Waals surface area contributed by atoms with Crippen LogP contribution >= 0.6 is 18.9 Å². The number of benzene rings is 2. The topological polar surface area (TPSA) is 191 Å². The number of carbonyl (C=O) groups excluding carboxylic acids is 5. The fourth-order valence-electron chi connectivity index (χ4n) is 7.27. The Kier molecular flexibility index (Phi) is 9.59. The zero-order chi connectivity index (χ0) is 36.1. The summed E-state index contributed by atoms with van der Waals surface area (Å²) in [5, 5.41) is 2.83. The molecule has 0 spiro atoms. The summed E-state index contributed by atoms with van der Waals surface area (Å²) in [6, 6.07) is 11.1. The van der Waals surface area contributed by atoms with Crippen LogP contribution < -0.4 is 11.1 Å². The Hall–Kier alpha value is -4.24. The molecular weight excluding hydrogens is 695 g/mol. The molecule has 0 bridgehead atoms. The van der Waals surface area contributed by atoms with E-state index in [9.17, 15) is 37.3 Å². The molecule has 3 fully saturated rings. The van der Waals surface area contributed by atoms with E-state index in [2.05, 4.69) is 5.32 Å². The molecule has 3 aliphatic heterocycles. The highest BCUT2D eigenvalue weighted by molar-refractivity contribution is 7.52.